The maximum absolute atomic E-state index is 11.3. The summed E-state index contributed by atoms with van der Waals surface area (Å²) < 4.78 is 17.2. The monoisotopic (exact) mass is 466 g/mol. The summed E-state index contributed by atoms with van der Waals surface area (Å²) in [7, 11) is 0. The van der Waals surface area contributed by atoms with Gasteiger partial charge in [-0.1, -0.05) is 91.9 Å². The first-order valence-corrected chi connectivity index (χ1v) is 13.1. The molecule has 0 atom stereocenters. The first kappa shape index (κ1) is 28.9. The van der Waals surface area contributed by atoms with Gasteiger partial charge in [-0.2, -0.15) is 0 Å². The van der Waals surface area contributed by atoms with Crippen molar-refractivity contribution in [3.05, 3.63) is 11.1 Å². The van der Waals surface area contributed by atoms with Gasteiger partial charge in [0.05, 0.1) is 13.2 Å². The highest BCUT2D eigenvalue weighted by molar-refractivity contribution is 5.71. The lowest BCUT2D eigenvalue weighted by molar-refractivity contribution is 0.141. The van der Waals surface area contributed by atoms with E-state index in [1.807, 2.05) is 13.8 Å². The van der Waals surface area contributed by atoms with Crippen LogP contribution in [0.5, 0.6) is 23.0 Å². The van der Waals surface area contributed by atoms with Crippen LogP contribution >= 0.6 is 0 Å². The molecule has 2 N–H and O–H groups in total. The number of hydrogen-bond donors (Lipinski definition) is 2. The quantitative estimate of drug-likeness (QED) is 0.122. The van der Waals surface area contributed by atoms with Crippen LogP contribution in [-0.4, -0.2) is 29.6 Å². The van der Waals surface area contributed by atoms with E-state index in [-0.39, 0.29) is 17.2 Å². The number of phenolic OH excluding ortho intramolecular Hbond substituents is 1. The average molecular weight is 467 g/mol. The normalized spacial score (nSPS) is 10.9. The fourth-order valence-corrected chi connectivity index (χ4v) is 4.11. The number of ether oxygens (including phenoxy) is 3. The summed E-state index contributed by atoms with van der Waals surface area (Å²) in [4.78, 5) is 11.3. The van der Waals surface area contributed by atoms with Crippen molar-refractivity contribution in [3.63, 3.8) is 0 Å². The lowest BCUT2D eigenvalue weighted by atomic mass is 9.99. The van der Waals surface area contributed by atoms with E-state index < -0.39 is 6.16 Å². The van der Waals surface area contributed by atoms with Gasteiger partial charge in [0.2, 0.25) is 11.5 Å². The lowest BCUT2D eigenvalue weighted by Crippen LogP contribution is -2.11. The minimum Gasteiger partial charge on any atom is -0.502 e. The SMILES string of the molecule is CCCCCCCCOc1c(O)c(OC(=O)O)c(CC)c(CC)c1OCCCCCCCC. The predicted octanol–water partition coefficient (Wildman–Crippen LogP) is 8.05. The van der Waals surface area contributed by atoms with E-state index in [1.165, 1.54) is 44.9 Å². The maximum atomic E-state index is 11.3. The molecule has 6 heteroatoms. The van der Waals surface area contributed by atoms with Gasteiger partial charge in [-0.25, -0.2) is 4.79 Å². The number of carbonyl (C=O) groups is 1. The molecule has 0 amide bonds. The molecule has 0 aliphatic rings. The maximum Gasteiger partial charge on any atom is 0.511 e. The van der Waals surface area contributed by atoms with Crippen molar-refractivity contribution in [2.45, 2.75) is 118 Å². The van der Waals surface area contributed by atoms with Gasteiger partial charge in [-0.05, 0) is 25.7 Å². The zero-order chi connectivity index (χ0) is 24.5. The van der Waals surface area contributed by atoms with E-state index in [1.54, 1.807) is 0 Å². The molecule has 0 aliphatic heterocycles. The van der Waals surface area contributed by atoms with Crippen LogP contribution in [0.25, 0.3) is 0 Å². The largest absolute Gasteiger partial charge is 0.511 e. The zero-order valence-corrected chi connectivity index (χ0v) is 21.3. The van der Waals surface area contributed by atoms with Crippen molar-refractivity contribution in [1.82, 2.24) is 0 Å². The van der Waals surface area contributed by atoms with E-state index >= 15 is 0 Å². The molecule has 0 spiro atoms. The molecule has 0 unspecified atom stereocenters. The fraction of sp³-hybridized carbons (Fsp3) is 0.741. The molecule has 0 fully saturated rings. The molecule has 0 heterocycles. The Hall–Kier alpha value is -2.11. The third-order valence-corrected chi connectivity index (χ3v) is 5.93. The standard InChI is InChI=1S/C27H46O6/c1-5-9-11-13-15-17-19-31-25-22(8-4)21(7-3)24(33-27(29)30)23(28)26(25)32-20-18-16-14-12-10-6-2/h28H,5-20H2,1-4H3,(H,29,30). The van der Waals surface area contributed by atoms with E-state index in [2.05, 4.69) is 13.8 Å². The molecule has 1 aromatic carbocycles. The summed E-state index contributed by atoms with van der Waals surface area (Å²) in [6, 6.07) is 0. The first-order valence-electron chi connectivity index (χ1n) is 13.1. The predicted molar refractivity (Wildman–Crippen MR) is 133 cm³/mol. The highest BCUT2D eigenvalue weighted by Crippen LogP contribution is 2.50. The Morgan fingerprint density at radius 2 is 1.06 bits per heavy atom. The van der Waals surface area contributed by atoms with Crippen LogP contribution in [0.15, 0.2) is 0 Å². The summed E-state index contributed by atoms with van der Waals surface area (Å²) >= 11 is 0. The van der Waals surface area contributed by atoms with Crippen molar-refractivity contribution >= 4 is 6.16 Å². The van der Waals surface area contributed by atoms with Crippen LogP contribution in [0.3, 0.4) is 0 Å². The topological polar surface area (TPSA) is 85.2 Å². The van der Waals surface area contributed by atoms with Crippen LogP contribution in [0, 0.1) is 0 Å². The fourth-order valence-electron chi connectivity index (χ4n) is 4.11. The Labute approximate surface area is 200 Å². The van der Waals surface area contributed by atoms with E-state index in [9.17, 15) is 15.0 Å². The molecule has 1 aromatic rings. The Balaban J connectivity index is 3.02. The molecule has 0 saturated carbocycles. The minimum atomic E-state index is -1.45. The van der Waals surface area contributed by atoms with Gasteiger partial charge in [0.15, 0.2) is 11.5 Å². The molecule has 0 aliphatic carbocycles. The van der Waals surface area contributed by atoms with Gasteiger partial charge in [0, 0.05) is 11.1 Å². The highest BCUT2D eigenvalue weighted by Gasteiger charge is 2.27. The third-order valence-electron chi connectivity index (χ3n) is 5.93. The smallest absolute Gasteiger partial charge is 0.502 e. The number of phenols is 1. The van der Waals surface area contributed by atoms with E-state index in [4.69, 9.17) is 14.2 Å². The average Bonchev–Trinajstić information content (AvgIpc) is 2.80. The Morgan fingerprint density at radius 3 is 1.52 bits per heavy atom. The Kier molecular flexibility index (Phi) is 15.2. The second-order valence-electron chi connectivity index (χ2n) is 8.60. The van der Waals surface area contributed by atoms with Crippen molar-refractivity contribution in [2.24, 2.45) is 0 Å². The van der Waals surface area contributed by atoms with Crippen molar-refractivity contribution < 1.29 is 29.2 Å². The van der Waals surface area contributed by atoms with Gasteiger partial charge in [-0.3, -0.25) is 0 Å². The minimum absolute atomic E-state index is 0.0355. The van der Waals surface area contributed by atoms with Gasteiger partial charge < -0.3 is 24.4 Å². The molecule has 190 valence electrons. The Morgan fingerprint density at radius 1 is 0.636 bits per heavy atom. The van der Waals surface area contributed by atoms with Gasteiger partial charge in [0.1, 0.15) is 0 Å². The van der Waals surface area contributed by atoms with Crippen LogP contribution in [-0.2, 0) is 12.8 Å². The van der Waals surface area contributed by atoms with Crippen LogP contribution in [0.1, 0.15) is 116 Å². The van der Waals surface area contributed by atoms with E-state index in [0.717, 1.165) is 37.7 Å². The summed E-state index contributed by atoms with van der Waals surface area (Å²) in [6.07, 6.45) is 13.4. The summed E-state index contributed by atoms with van der Waals surface area (Å²) in [5, 5.41) is 20.1. The third kappa shape index (κ3) is 10.1. The number of unbranched alkanes of at least 4 members (excludes halogenated alkanes) is 10. The van der Waals surface area contributed by atoms with Crippen molar-refractivity contribution in [3.8, 4) is 23.0 Å². The molecule has 0 radical (unpaired) electrons. The molecule has 1 rings (SSSR count). The number of carboxylic acid groups (broad SMARTS) is 1. The lowest BCUT2D eigenvalue weighted by Gasteiger charge is -2.22. The molecule has 6 nitrogen and oxygen atoms in total. The number of benzene rings is 1. The van der Waals surface area contributed by atoms with Crippen molar-refractivity contribution in [1.29, 1.82) is 0 Å². The first-order chi connectivity index (χ1) is 16.0. The van der Waals surface area contributed by atoms with Gasteiger partial charge in [0.25, 0.3) is 0 Å². The molecular weight excluding hydrogens is 420 g/mol. The number of hydrogen-bond acceptors (Lipinski definition) is 5. The van der Waals surface area contributed by atoms with Crippen LogP contribution in [0.4, 0.5) is 4.79 Å². The van der Waals surface area contributed by atoms with E-state index in [0.29, 0.717) is 37.4 Å². The van der Waals surface area contributed by atoms with Crippen LogP contribution in [0.2, 0.25) is 0 Å². The Bertz CT molecular complexity index is 686. The van der Waals surface area contributed by atoms with Crippen LogP contribution < -0.4 is 14.2 Å². The summed E-state index contributed by atoms with van der Waals surface area (Å²) in [5.74, 6) is 0.422. The second kappa shape index (κ2) is 17.4. The molecule has 33 heavy (non-hydrogen) atoms. The second-order valence-corrected chi connectivity index (χ2v) is 8.60. The van der Waals surface area contributed by atoms with Crippen molar-refractivity contribution in [2.75, 3.05) is 13.2 Å². The number of rotatable bonds is 19. The highest BCUT2D eigenvalue weighted by atomic mass is 16.7. The molecular formula is C27H46O6. The number of aromatic hydroxyl groups is 1. The molecule has 0 aromatic heterocycles. The van der Waals surface area contributed by atoms with Gasteiger partial charge in [-0.15, -0.1) is 0 Å². The van der Waals surface area contributed by atoms with Gasteiger partial charge >= 0.3 is 6.16 Å². The summed E-state index contributed by atoms with van der Waals surface area (Å²) in [5.41, 5.74) is 1.50. The zero-order valence-electron chi connectivity index (χ0n) is 21.3. The molecule has 0 saturated heterocycles. The molecule has 0 bridgehead atoms. The summed E-state index contributed by atoms with van der Waals surface area (Å²) in [6.45, 7) is 9.28.